The second-order valence-corrected chi connectivity index (χ2v) is 9.11. The molecule has 7 nitrogen and oxygen atoms in total. The van der Waals surface area contributed by atoms with Crippen molar-refractivity contribution in [1.29, 1.82) is 0 Å². The molecule has 0 bridgehead atoms. The van der Waals surface area contributed by atoms with Gasteiger partial charge >= 0.3 is 0 Å². The zero-order chi connectivity index (χ0) is 23.5. The van der Waals surface area contributed by atoms with E-state index in [1.165, 1.54) is 5.56 Å². The lowest BCUT2D eigenvalue weighted by atomic mass is 10.1. The summed E-state index contributed by atoms with van der Waals surface area (Å²) in [5.74, 6) is 0.516. The number of nitrogens with zero attached hydrogens (tertiary/aromatic N) is 4. The van der Waals surface area contributed by atoms with Crippen LogP contribution in [-0.2, 0) is 6.54 Å². The van der Waals surface area contributed by atoms with Gasteiger partial charge in [-0.1, -0.05) is 19.1 Å². The van der Waals surface area contributed by atoms with Gasteiger partial charge in [-0.25, -0.2) is 4.98 Å². The molecule has 4 heterocycles. The van der Waals surface area contributed by atoms with Gasteiger partial charge in [-0.05, 0) is 47.8 Å². The molecule has 1 saturated heterocycles. The van der Waals surface area contributed by atoms with Crippen LogP contribution >= 0.6 is 12.6 Å². The maximum absolute atomic E-state index is 12.6. The van der Waals surface area contributed by atoms with Gasteiger partial charge in [0.05, 0.1) is 11.1 Å². The first-order valence-electron chi connectivity index (χ1n) is 11.6. The molecule has 2 N–H and O–H groups in total. The highest BCUT2D eigenvalue weighted by molar-refractivity contribution is 7.80. The van der Waals surface area contributed by atoms with Crippen LogP contribution in [0.2, 0.25) is 0 Å². The van der Waals surface area contributed by atoms with E-state index in [2.05, 4.69) is 56.8 Å². The van der Waals surface area contributed by atoms with Crippen molar-refractivity contribution in [3.8, 4) is 11.3 Å². The molecule has 0 radical (unpaired) electrons. The maximum Gasteiger partial charge on any atom is 0.259 e. The average Bonchev–Trinajstić information content (AvgIpc) is 2.85. The number of benzene rings is 1. The van der Waals surface area contributed by atoms with Crippen LogP contribution in [0.5, 0.6) is 0 Å². The third-order valence-electron chi connectivity index (χ3n) is 6.31. The van der Waals surface area contributed by atoms with Crippen molar-refractivity contribution in [2.75, 3.05) is 38.0 Å². The topological polar surface area (TPSA) is 77.2 Å². The predicted octanol–water partition coefficient (Wildman–Crippen LogP) is 4.15. The molecular formula is C26H28N6OS. The fourth-order valence-corrected chi connectivity index (χ4v) is 4.58. The van der Waals surface area contributed by atoms with Gasteiger partial charge < -0.3 is 15.2 Å². The number of nitrogens with one attached hydrogen (secondary N) is 2. The number of rotatable bonds is 6. The zero-order valence-corrected chi connectivity index (χ0v) is 20.1. The summed E-state index contributed by atoms with van der Waals surface area (Å²) in [5.41, 5.74) is 3.55. The quantitative estimate of drug-likeness (QED) is 0.366. The van der Waals surface area contributed by atoms with Crippen molar-refractivity contribution in [1.82, 2.24) is 24.8 Å². The molecule has 1 aromatic carbocycles. The number of fused-ring (bicyclic) bond motifs is 1. The molecular weight excluding hydrogens is 444 g/mol. The van der Waals surface area contributed by atoms with Gasteiger partial charge in [-0.2, -0.15) is 0 Å². The normalized spacial score (nSPS) is 15.0. The Hall–Kier alpha value is -3.20. The number of anilines is 2. The second-order valence-electron chi connectivity index (χ2n) is 8.59. The van der Waals surface area contributed by atoms with Crippen molar-refractivity contribution in [2.24, 2.45) is 0 Å². The molecule has 4 aromatic rings. The van der Waals surface area contributed by atoms with Gasteiger partial charge in [-0.3, -0.25) is 14.7 Å². The van der Waals surface area contributed by atoms with Crippen molar-refractivity contribution >= 4 is 34.9 Å². The van der Waals surface area contributed by atoms with Gasteiger partial charge in [0.15, 0.2) is 0 Å². The SMILES string of the molecule is CCN1CCN(Cc2ccc(Nc3nc(-c4cncc(S)c4)cc4cc[nH]c(=O)c34)cc2)CC1. The Labute approximate surface area is 204 Å². The van der Waals surface area contributed by atoms with Crippen LogP contribution in [0, 0.1) is 0 Å². The molecule has 0 amide bonds. The van der Waals surface area contributed by atoms with Crippen LogP contribution in [0.25, 0.3) is 22.0 Å². The maximum atomic E-state index is 12.6. The molecule has 8 heteroatoms. The summed E-state index contributed by atoms with van der Waals surface area (Å²) in [4.78, 5) is 30.2. The molecule has 1 fully saturated rings. The summed E-state index contributed by atoms with van der Waals surface area (Å²) in [7, 11) is 0. The number of likely N-dealkylation sites (N-methyl/N-ethyl adjacent to an activating group) is 1. The minimum Gasteiger partial charge on any atom is -0.340 e. The first kappa shape index (κ1) is 22.6. The summed E-state index contributed by atoms with van der Waals surface area (Å²) in [6.07, 6.45) is 5.09. The number of thiol groups is 1. The number of hydrogen-bond donors (Lipinski definition) is 3. The molecule has 0 atom stereocenters. The van der Waals surface area contributed by atoms with E-state index in [1.807, 2.05) is 30.3 Å². The highest BCUT2D eigenvalue weighted by Gasteiger charge is 2.16. The predicted molar refractivity (Wildman–Crippen MR) is 140 cm³/mol. The first-order chi connectivity index (χ1) is 16.6. The summed E-state index contributed by atoms with van der Waals surface area (Å²) >= 11 is 4.40. The summed E-state index contributed by atoms with van der Waals surface area (Å²) < 4.78 is 0. The smallest absolute Gasteiger partial charge is 0.259 e. The molecule has 3 aromatic heterocycles. The van der Waals surface area contributed by atoms with E-state index in [0.29, 0.717) is 11.2 Å². The van der Waals surface area contributed by atoms with Crippen LogP contribution in [0.1, 0.15) is 12.5 Å². The lowest BCUT2D eigenvalue weighted by Crippen LogP contribution is -2.45. The molecule has 5 rings (SSSR count). The monoisotopic (exact) mass is 472 g/mol. The van der Waals surface area contributed by atoms with E-state index < -0.39 is 0 Å². The van der Waals surface area contributed by atoms with E-state index in [4.69, 9.17) is 4.98 Å². The fraction of sp³-hybridized carbons (Fsp3) is 0.269. The molecule has 34 heavy (non-hydrogen) atoms. The summed E-state index contributed by atoms with van der Waals surface area (Å²) in [6, 6.07) is 14.1. The van der Waals surface area contributed by atoms with E-state index in [0.717, 1.165) is 66.5 Å². The van der Waals surface area contributed by atoms with Crippen molar-refractivity contribution in [3.05, 3.63) is 77.0 Å². The Kier molecular flexibility index (Phi) is 6.62. The molecule has 0 aliphatic carbocycles. The third-order valence-corrected chi connectivity index (χ3v) is 6.55. The number of piperazine rings is 1. The van der Waals surface area contributed by atoms with Crippen LogP contribution in [-0.4, -0.2) is 57.5 Å². The number of pyridine rings is 3. The molecule has 0 saturated carbocycles. The Balaban J connectivity index is 1.40. The van der Waals surface area contributed by atoms with Gasteiger partial charge in [0.25, 0.3) is 5.56 Å². The van der Waals surface area contributed by atoms with Crippen molar-refractivity contribution < 1.29 is 0 Å². The largest absolute Gasteiger partial charge is 0.340 e. The number of hydrogen-bond acceptors (Lipinski definition) is 7. The molecule has 1 aliphatic heterocycles. The highest BCUT2D eigenvalue weighted by Crippen LogP contribution is 2.28. The van der Waals surface area contributed by atoms with E-state index in [9.17, 15) is 4.79 Å². The minimum absolute atomic E-state index is 0.178. The number of H-pyrrole nitrogens is 1. The summed E-state index contributed by atoms with van der Waals surface area (Å²) in [5, 5.41) is 4.70. The Bertz CT molecular complexity index is 1350. The summed E-state index contributed by atoms with van der Waals surface area (Å²) in [6.45, 7) is 8.75. The van der Waals surface area contributed by atoms with Gasteiger partial charge in [0, 0.05) is 67.5 Å². The average molecular weight is 473 g/mol. The molecule has 174 valence electrons. The Morgan fingerprint density at radius 2 is 1.79 bits per heavy atom. The van der Waals surface area contributed by atoms with Crippen LogP contribution in [0.15, 0.2) is 70.7 Å². The minimum atomic E-state index is -0.178. The van der Waals surface area contributed by atoms with Crippen molar-refractivity contribution in [2.45, 2.75) is 18.4 Å². The van der Waals surface area contributed by atoms with Crippen molar-refractivity contribution in [3.63, 3.8) is 0 Å². The molecule has 1 aliphatic rings. The Morgan fingerprint density at radius 1 is 1.03 bits per heavy atom. The lowest BCUT2D eigenvalue weighted by Gasteiger charge is -2.34. The standard InChI is InChI=1S/C26H28N6OS/c1-2-31-9-11-32(12-10-31)17-18-3-5-21(6-4-18)29-25-24-19(7-8-28-26(24)33)14-23(30-25)20-13-22(34)16-27-15-20/h3-8,13-16,34H,2,9-12,17H2,1H3,(H,28,33)(H,29,30). The van der Waals surface area contributed by atoms with Gasteiger partial charge in [-0.15, -0.1) is 12.6 Å². The van der Waals surface area contributed by atoms with Crippen LogP contribution < -0.4 is 10.9 Å². The third kappa shape index (κ3) is 4.99. The fourth-order valence-electron chi connectivity index (χ4n) is 4.37. The zero-order valence-electron chi connectivity index (χ0n) is 19.2. The Morgan fingerprint density at radius 3 is 2.53 bits per heavy atom. The second kappa shape index (κ2) is 9.97. The van der Waals surface area contributed by atoms with Gasteiger partial charge in [0.1, 0.15) is 5.82 Å². The van der Waals surface area contributed by atoms with E-state index in [-0.39, 0.29) is 5.56 Å². The lowest BCUT2D eigenvalue weighted by molar-refractivity contribution is 0.132. The van der Waals surface area contributed by atoms with E-state index in [1.54, 1.807) is 18.6 Å². The van der Waals surface area contributed by atoms with Crippen LogP contribution in [0.4, 0.5) is 11.5 Å². The number of aromatic nitrogens is 3. The molecule has 0 spiro atoms. The first-order valence-corrected chi connectivity index (χ1v) is 12.0. The van der Waals surface area contributed by atoms with Gasteiger partial charge in [0.2, 0.25) is 0 Å². The highest BCUT2D eigenvalue weighted by atomic mass is 32.1. The van der Waals surface area contributed by atoms with Crippen LogP contribution in [0.3, 0.4) is 0 Å². The number of aromatic amines is 1. The molecule has 0 unspecified atom stereocenters. The van der Waals surface area contributed by atoms with E-state index >= 15 is 0 Å².